The van der Waals surface area contributed by atoms with Gasteiger partial charge in [-0.15, -0.1) is 0 Å². The number of carboxylic acids is 1. The van der Waals surface area contributed by atoms with Gasteiger partial charge < -0.3 is 15.3 Å². The summed E-state index contributed by atoms with van der Waals surface area (Å²) in [5.74, 6) is -0.234. The van der Waals surface area contributed by atoms with Crippen molar-refractivity contribution in [2.24, 2.45) is 0 Å². The summed E-state index contributed by atoms with van der Waals surface area (Å²) >= 11 is 0. The monoisotopic (exact) mass is 418 g/mol. The smallest absolute Gasteiger partial charge is 0.303 e. The number of hydrogen-bond donors (Lipinski definition) is 3. The molecule has 0 amide bonds. The number of aryl methyl sites for hydroxylation is 1. The Balaban J connectivity index is 0.000000614. The van der Waals surface area contributed by atoms with Gasteiger partial charge in [-0.1, -0.05) is 74.4 Å². The van der Waals surface area contributed by atoms with Gasteiger partial charge in [0, 0.05) is 6.42 Å². The predicted octanol–water partition coefficient (Wildman–Crippen LogP) is 6.65. The van der Waals surface area contributed by atoms with Gasteiger partial charge in [-0.2, -0.15) is 0 Å². The molecular formula is C27H30O4. The second kappa shape index (κ2) is 11.6. The van der Waals surface area contributed by atoms with Crippen molar-refractivity contribution < 1.29 is 20.1 Å². The molecule has 0 aromatic heterocycles. The third-order valence-corrected chi connectivity index (χ3v) is 4.82. The van der Waals surface area contributed by atoms with E-state index >= 15 is 0 Å². The average Bonchev–Trinajstić information content (AvgIpc) is 2.77. The number of phenolic OH excluding ortho intramolecular Hbond substituents is 2. The minimum absolute atomic E-state index is 0.222. The molecule has 0 fully saturated rings. The lowest BCUT2D eigenvalue weighted by atomic mass is 9.87. The van der Waals surface area contributed by atoms with E-state index in [2.05, 4.69) is 38.1 Å². The van der Waals surface area contributed by atoms with Crippen LogP contribution in [-0.4, -0.2) is 21.3 Å². The Bertz CT molecular complexity index is 951. The van der Waals surface area contributed by atoms with Gasteiger partial charge in [0.15, 0.2) is 0 Å². The summed E-state index contributed by atoms with van der Waals surface area (Å²) in [5.41, 5.74) is 6.95. The van der Waals surface area contributed by atoms with Crippen LogP contribution in [-0.2, 0) is 4.79 Å². The molecule has 0 aliphatic rings. The van der Waals surface area contributed by atoms with Gasteiger partial charge in [0.1, 0.15) is 11.5 Å². The summed E-state index contributed by atoms with van der Waals surface area (Å²) in [7, 11) is 0. The molecule has 3 N–H and O–H groups in total. The zero-order valence-electron chi connectivity index (χ0n) is 18.3. The highest BCUT2D eigenvalue weighted by Crippen LogP contribution is 2.36. The molecule has 4 nitrogen and oxygen atoms in total. The van der Waals surface area contributed by atoms with Crippen molar-refractivity contribution in [2.45, 2.75) is 40.0 Å². The number of benzene rings is 3. The van der Waals surface area contributed by atoms with Crippen LogP contribution in [0, 0.1) is 6.92 Å². The number of hydrogen-bond acceptors (Lipinski definition) is 3. The summed E-state index contributed by atoms with van der Waals surface area (Å²) in [6.07, 6.45) is 2.20. The highest BCUT2D eigenvalue weighted by atomic mass is 16.4. The van der Waals surface area contributed by atoms with Crippen molar-refractivity contribution in [1.29, 1.82) is 0 Å². The van der Waals surface area contributed by atoms with Crippen molar-refractivity contribution >= 4 is 17.1 Å². The van der Waals surface area contributed by atoms with Crippen molar-refractivity contribution in [2.75, 3.05) is 0 Å². The molecule has 0 saturated heterocycles. The van der Waals surface area contributed by atoms with E-state index in [0.717, 1.165) is 29.5 Å². The van der Waals surface area contributed by atoms with E-state index in [1.54, 1.807) is 31.2 Å². The Morgan fingerprint density at radius 3 is 1.45 bits per heavy atom. The molecule has 3 aromatic rings. The van der Waals surface area contributed by atoms with Crippen molar-refractivity contribution in [1.82, 2.24) is 0 Å². The third-order valence-electron chi connectivity index (χ3n) is 4.82. The second-order valence-electron chi connectivity index (χ2n) is 7.31. The van der Waals surface area contributed by atoms with Crippen LogP contribution in [0.4, 0.5) is 0 Å². The molecule has 0 spiro atoms. The molecule has 3 rings (SSSR count). The minimum Gasteiger partial charge on any atom is -0.508 e. The summed E-state index contributed by atoms with van der Waals surface area (Å²) in [4.78, 5) is 9.37. The van der Waals surface area contributed by atoms with E-state index in [1.165, 1.54) is 16.7 Å². The molecule has 0 saturated carbocycles. The standard InChI is InChI=1S/C24H24O2.C3H6O2/c1-3-4-23(18-7-5-17(2)6-8-18)24(19-9-13-21(25)14-10-19)20-11-15-22(26)16-12-20;1-2-3(4)5/h5-16,25-26H,3-4H2,1-2H3;2H2,1H3,(H,4,5). The average molecular weight is 419 g/mol. The lowest BCUT2D eigenvalue weighted by Crippen LogP contribution is -1.96. The van der Waals surface area contributed by atoms with Crippen LogP contribution in [0.3, 0.4) is 0 Å². The van der Waals surface area contributed by atoms with Gasteiger partial charge in [-0.3, -0.25) is 4.79 Å². The number of rotatable bonds is 6. The first kappa shape index (κ1) is 23.7. The van der Waals surface area contributed by atoms with Crippen LogP contribution in [0.5, 0.6) is 11.5 Å². The van der Waals surface area contributed by atoms with Gasteiger partial charge >= 0.3 is 5.97 Å². The number of aliphatic carboxylic acids is 1. The quantitative estimate of drug-likeness (QED) is 0.392. The van der Waals surface area contributed by atoms with Gasteiger partial charge in [0.25, 0.3) is 0 Å². The lowest BCUT2D eigenvalue weighted by molar-refractivity contribution is -0.136. The lowest BCUT2D eigenvalue weighted by Gasteiger charge is -2.17. The predicted molar refractivity (Wildman–Crippen MR) is 126 cm³/mol. The molecular weight excluding hydrogens is 388 g/mol. The zero-order chi connectivity index (χ0) is 22.8. The fraction of sp³-hybridized carbons (Fsp3) is 0.222. The summed E-state index contributed by atoms with van der Waals surface area (Å²) in [6.45, 7) is 5.87. The SMILES string of the molecule is CCC(=O)O.CCCC(=C(c1ccc(O)cc1)c1ccc(O)cc1)c1ccc(C)cc1. The van der Waals surface area contributed by atoms with Crippen LogP contribution in [0.15, 0.2) is 72.8 Å². The first-order chi connectivity index (χ1) is 14.8. The molecule has 0 bridgehead atoms. The molecule has 0 aliphatic heterocycles. The number of carbonyl (C=O) groups is 1. The Hall–Kier alpha value is -3.53. The minimum atomic E-state index is -0.745. The fourth-order valence-electron chi connectivity index (χ4n) is 3.19. The van der Waals surface area contributed by atoms with Crippen molar-refractivity contribution in [3.63, 3.8) is 0 Å². The first-order valence-corrected chi connectivity index (χ1v) is 10.5. The molecule has 31 heavy (non-hydrogen) atoms. The molecule has 0 radical (unpaired) electrons. The van der Waals surface area contributed by atoms with E-state index in [0.29, 0.717) is 0 Å². The van der Waals surface area contributed by atoms with Crippen LogP contribution < -0.4 is 0 Å². The maximum Gasteiger partial charge on any atom is 0.303 e. The van der Waals surface area contributed by atoms with E-state index in [1.807, 2.05) is 24.3 Å². The van der Waals surface area contributed by atoms with E-state index in [-0.39, 0.29) is 17.9 Å². The summed E-state index contributed by atoms with van der Waals surface area (Å²) in [5, 5.41) is 27.1. The first-order valence-electron chi connectivity index (χ1n) is 10.5. The van der Waals surface area contributed by atoms with Gasteiger partial charge in [0.2, 0.25) is 0 Å². The molecule has 0 aliphatic carbocycles. The maximum atomic E-state index is 9.69. The Morgan fingerprint density at radius 1 is 0.710 bits per heavy atom. The zero-order valence-corrected chi connectivity index (χ0v) is 18.3. The number of allylic oxidation sites excluding steroid dienone is 1. The Morgan fingerprint density at radius 2 is 1.10 bits per heavy atom. The largest absolute Gasteiger partial charge is 0.508 e. The van der Waals surface area contributed by atoms with Crippen LogP contribution in [0.1, 0.15) is 55.4 Å². The van der Waals surface area contributed by atoms with Crippen LogP contribution in [0.25, 0.3) is 11.1 Å². The Labute approximate surface area is 184 Å². The highest BCUT2D eigenvalue weighted by Gasteiger charge is 2.14. The van der Waals surface area contributed by atoms with Crippen LogP contribution in [0.2, 0.25) is 0 Å². The van der Waals surface area contributed by atoms with Crippen molar-refractivity contribution in [3.05, 3.63) is 95.1 Å². The third kappa shape index (κ3) is 7.03. The number of aromatic hydroxyl groups is 2. The van der Waals surface area contributed by atoms with Crippen molar-refractivity contribution in [3.8, 4) is 11.5 Å². The van der Waals surface area contributed by atoms with Crippen LogP contribution >= 0.6 is 0 Å². The number of phenols is 2. The Kier molecular flexibility index (Phi) is 8.89. The van der Waals surface area contributed by atoms with Gasteiger partial charge in [-0.05, 0) is 65.4 Å². The normalized spacial score (nSPS) is 10.0. The number of carboxylic acid groups (broad SMARTS) is 1. The highest BCUT2D eigenvalue weighted by molar-refractivity contribution is 5.98. The summed E-state index contributed by atoms with van der Waals surface area (Å²) in [6, 6.07) is 23.3. The van der Waals surface area contributed by atoms with Gasteiger partial charge in [-0.25, -0.2) is 0 Å². The topological polar surface area (TPSA) is 77.8 Å². The molecule has 0 heterocycles. The second-order valence-corrected chi connectivity index (χ2v) is 7.31. The van der Waals surface area contributed by atoms with E-state index in [9.17, 15) is 15.0 Å². The van der Waals surface area contributed by atoms with E-state index in [4.69, 9.17) is 5.11 Å². The fourth-order valence-corrected chi connectivity index (χ4v) is 3.19. The molecule has 4 heteroatoms. The maximum absolute atomic E-state index is 9.69. The van der Waals surface area contributed by atoms with Gasteiger partial charge in [0.05, 0.1) is 0 Å². The molecule has 3 aromatic carbocycles. The summed E-state index contributed by atoms with van der Waals surface area (Å²) < 4.78 is 0. The molecule has 0 atom stereocenters. The van der Waals surface area contributed by atoms with E-state index < -0.39 is 5.97 Å². The molecule has 0 unspecified atom stereocenters. The molecule has 162 valence electrons.